The Bertz CT molecular complexity index is 1550. The third kappa shape index (κ3) is 7.02. The topological polar surface area (TPSA) is 77.7 Å². The van der Waals surface area contributed by atoms with Crippen molar-refractivity contribution in [2.45, 2.75) is 20.0 Å². The number of aromatic nitrogens is 2. The van der Waals surface area contributed by atoms with Crippen LogP contribution in [0.4, 0.5) is 0 Å². The van der Waals surface area contributed by atoms with Crippen molar-refractivity contribution >= 4 is 12.1 Å². The molecule has 0 unspecified atom stereocenters. The number of nitrogens with zero attached hydrogens (tertiary/aromatic N) is 3. The molecule has 0 saturated carbocycles. The number of ether oxygens (including phenoxy) is 2. The van der Waals surface area contributed by atoms with E-state index >= 15 is 0 Å². The summed E-state index contributed by atoms with van der Waals surface area (Å²) in [7, 11) is 0. The zero-order valence-corrected chi connectivity index (χ0v) is 22.2. The highest BCUT2D eigenvalue weighted by Gasteiger charge is 2.12. The number of nitrogens with one attached hydrogen (secondary N) is 1. The molecule has 5 aromatic rings. The molecule has 1 heterocycles. The molecule has 0 aliphatic heterocycles. The summed E-state index contributed by atoms with van der Waals surface area (Å²) in [4.78, 5) is 12.3. The molecule has 0 saturated heterocycles. The number of carbonyl (C=O) groups excluding carboxylic acids is 1. The van der Waals surface area contributed by atoms with Gasteiger partial charge < -0.3 is 9.47 Å². The molecule has 1 amide bonds. The summed E-state index contributed by atoms with van der Waals surface area (Å²) in [6.07, 6.45) is 4.42. The number of para-hydroxylation sites is 1. The van der Waals surface area contributed by atoms with Gasteiger partial charge in [0.2, 0.25) is 0 Å². The minimum Gasteiger partial charge on any atom is -0.489 e. The van der Waals surface area contributed by atoms with Gasteiger partial charge in [-0.05, 0) is 66.1 Å². The van der Waals surface area contributed by atoms with E-state index in [1.165, 1.54) is 5.56 Å². The van der Waals surface area contributed by atoms with E-state index in [-0.39, 0.29) is 12.5 Å². The molecule has 0 atom stereocenters. The Labute approximate surface area is 233 Å². The first kappa shape index (κ1) is 26.4. The van der Waals surface area contributed by atoms with E-state index in [4.69, 9.17) is 14.6 Å². The van der Waals surface area contributed by atoms with Gasteiger partial charge >= 0.3 is 0 Å². The van der Waals surface area contributed by atoms with Crippen LogP contribution < -0.4 is 14.9 Å². The summed E-state index contributed by atoms with van der Waals surface area (Å²) in [6.45, 7) is 2.45. The fourth-order valence-electron chi connectivity index (χ4n) is 4.05. The third-order valence-corrected chi connectivity index (χ3v) is 6.23. The first-order valence-electron chi connectivity index (χ1n) is 13.1. The number of hydrogen-bond acceptors (Lipinski definition) is 5. The van der Waals surface area contributed by atoms with Gasteiger partial charge in [0.15, 0.2) is 6.61 Å². The largest absolute Gasteiger partial charge is 0.489 e. The van der Waals surface area contributed by atoms with Crippen molar-refractivity contribution in [3.05, 3.63) is 132 Å². The van der Waals surface area contributed by atoms with Crippen molar-refractivity contribution in [3.63, 3.8) is 0 Å². The highest BCUT2D eigenvalue weighted by atomic mass is 16.5. The molecule has 0 fully saturated rings. The Morgan fingerprint density at radius 2 is 1.48 bits per heavy atom. The fourth-order valence-corrected chi connectivity index (χ4v) is 4.05. The molecule has 0 aliphatic rings. The van der Waals surface area contributed by atoms with E-state index in [1.807, 2.05) is 115 Å². The van der Waals surface area contributed by atoms with Crippen molar-refractivity contribution in [1.82, 2.24) is 15.2 Å². The SMILES string of the molecule is CCc1ccc(OCC(=O)NN=Cc2cn(-c3ccccc3)nc2-c2ccc(OCc3ccccc3)cc2)cc1. The van der Waals surface area contributed by atoms with E-state index in [0.717, 1.165) is 40.2 Å². The van der Waals surface area contributed by atoms with Crippen LogP contribution in [0.2, 0.25) is 0 Å². The van der Waals surface area contributed by atoms with Crippen molar-refractivity contribution in [3.8, 4) is 28.4 Å². The first-order chi connectivity index (χ1) is 19.7. The Morgan fingerprint density at radius 3 is 2.17 bits per heavy atom. The second-order valence-corrected chi connectivity index (χ2v) is 9.09. The summed E-state index contributed by atoms with van der Waals surface area (Å²) in [6, 6.07) is 35.3. The van der Waals surface area contributed by atoms with E-state index in [0.29, 0.717) is 12.4 Å². The monoisotopic (exact) mass is 530 g/mol. The summed E-state index contributed by atoms with van der Waals surface area (Å²) >= 11 is 0. The number of hydrogen-bond donors (Lipinski definition) is 1. The molecule has 5 rings (SSSR count). The molecule has 1 aromatic heterocycles. The number of amides is 1. The molecule has 0 radical (unpaired) electrons. The van der Waals surface area contributed by atoms with Crippen LogP contribution in [0.1, 0.15) is 23.6 Å². The van der Waals surface area contributed by atoms with Crippen molar-refractivity contribution in [1.29, 1.82) is 0 Å². The Kier molecular flexibility index (Phi) is 8.63. The molecule has 200 valence electrons. The van der Waals surface area contributed by atoms with Crippen LogP contribution in [-0.2, 0) is 17.8 Å². The van der Waals surface area contributed by atoms with Gasteiger partial charge in [-0.15, -0.1) is 0 Å². The Hall–Kier alpha value is -5.17. The van der Waals surface area contributed by atoms with E-state index in [9.17, 15) is 4.79 Å². The summed E-state index contributed by atoms with van der Waals surface area (Å²) in [5, 5.41) is 8.98. The van der Waals surface area contributed by atoms with Gasteiger partial charge in [0.05, 0.1) is 11.9 Å². The van der Waals surface area contributed by atoms with Gasteiger partial charge in [0.1, 0.15) is 23.8 Å². The van der Waals surface area contributed by atoms with Crippen LogP contribution in [0, 0.1) is 0 Å². The normalized spacial score (nSPS) is 10.9. The highest BCUT2D eigenvalue weighted by molar-refractivity contribution is 5.89. The van der Waals surface area contributed by atoms with Crippen LogP contribution >= 0.6 is 0 Å². The van der Waals surface area contributed by atoms with Gasteiger partial charge in [-0.2, -0.15) is 10.2 Å². The first-order valence-corrected chi connectivity index (χ1v) is 13.1. The lowest BCUT2D eigenvalue weighted by Gasteiger charge is -2.07. The number of carbonyl (C=O) groups is 1. The summed E-state index contributed by atoms with van der Waals surface area (Å²) in [5.74, 6) is 1.05. The number of hydrazone groups is 1. The lowest BCUT2D eigenvalue weighted by atomic mass is 10.1. The van der Waals surface area contributed by atoms with E-state index < -0.39 is 0 Å². The van der Waals surface area contributed by atoms with Crippen molar-refractivity contribution < 1.29 is 14.3 Å². The zero-order valence-electron chi connectivity index (χ0n) is 22.2. The second-order valence-electron chi connectivity index (χ2n) is 9.09. The summed E-state index contributed by atoms with van der Waals surface area (Å²) < 4.78 is 13.3. The number of rotatable bonds is 11. The van der Waals surface area contributed by atoms with Gasteiger partial charge in [0, 0.05) is 17.3 Å². The molecule has 1 N–H and O–H groups in total. The predicted molar refractivity (Wildman–Crippen MR) is 157 cm³/mol. The minimum absolute atomic E-state index is 0.136. The third-order valence-electron chi connectivity index (χ3n) is 6.23. The van der Waals surface area contributed by atoms with E-state index in [2.05, 4.69) is 17.5 Å². The van der Waals surface area contributed by atoms with Gasteiger partial charge in [-0.1, -0.05) is 67.6 Å². The molecular formula is C33H30N4O3. The van der Waals surface area contributed by atoms with Crippen LogP contribution in [0.25, 0.3) is 16.9 Å². The quantitative estimate of drug-likeness (QED) is 0.163. The highest BCUT2D eigenvalue weighted by Crippen LogP contribution is 2.25. The molecule has 0 bridgehead atoms. The minimum atomic E-state index is -0.354. The molecule has 0 spiro atoms. The average molecular weight is 531 g/mol. The second kappa shape index (κ2) is 13.1. The lowest BCUT2D eigenvalue weighted by Crippen LogP contribution is -2.24. The molecule has 0 aliphatic carbocycles. The smallest absolute Gasteiger partial charge is 0.277 e. The van der Waals surface area contributed by atoms with Crippen LogP contribution in [0.15, 0.2) is 120 Å². The van der Waals surface area contributed by atoms with Crippen LogP contribution in [0.3, 0.4) is 0 Å². The average Bonchev–Trinajstić information content (AvgIpc) is 3.44. The molecular weight excluding hydrogens is 500 g/mol. The van der Waals surface area contributed by atoms with Crippen molar-refractivity contribution in [2.24, 2.45) is 5.10 Å². The van der Waals surface area contributed by atoms with Crippen molar-refractivity contribution in [2.75, 3.05) is 6.61 Å². The van der Waals surface area contributed by atoms with Crippen LogP contribution in [0.5, 0.6) is 11.5 Å². The zero-order chi connectivity index (χ0) is 27.6. The Morgan fingerprint density at radius 1 is 0.825 bits per heavy atom. The van der Waals surface area contributed by atoms with Gasteiger partial charge in [-0.3, -0.25) is 4.79 Å². The molecule has 7 nitrogen and oxygen atoms in total. The van der Waals surface area contributed by atoms with E-state index in [1.54, 1.807) is 10.9 Å². The Balaban J connectivity index is 1.28. The summed E-state index contributed by atoms with van der Waals surface area (Å²) in [5.41, 5.74) is 8.14. The maximum Gasteiger partial charge on any atom is 0.277 e. The van der Waals surface area contributed by atoms with Crippen LogP contribution in [-0.4, -0.2) is 28.5 Å². The van der Waals surface area contributed by atoms with Gasteiger partial charge in [-0.25, -0.2) is 10.1 Å². The molecule has 7 heteroatoms. The molecule has 4 aromatic carbocycles. The fraction of sp³-hybridized carbons (Fsp3) is 0.121. The number of benzene rings is 4. The van der Waals surface area contributed by atoms with Gasteiger partial charge in [0.25, 0.3) is 5.91 Å². The predicted octanol–water partition coefficient (Wildman–Crippen LogP) is 6.21. The number of aryl methyl sites for hydroxylation is 1. The lowest BCUT2D eigenvalue weighted by molar-refractivity contribution is -0.123. The maximum atomic E-state index is 12.3. The standard InChI is InChI=1S/C33H30N4O3/c1-2-25-13-17-30(18-14-25)40-24-32(38)35-34-21-28-22-37(29-11-7-4-8-12-29)36-33(28)27-15-19-31(20-16-27)39-23-26-9-5-3-6-10-26/h3-22H,2,23-24H2,1H3,(H,35,38). The maximum absolute atomic E-state index is 12.3. The molecule has 40 heavy (non-hydrogen) atoms.